The first-order valence-electron chi connectivity index (χ1n) is 23.8. The minimum atomic E-state index is -1.59. The molecule has 0 radical (unpaired) electrons. The molecule has 10 nitrogen and oxygen atoms in total. The van der Waals surface area contributed by atoms with Crippen LogP contribution in [0, 0.1) is 0 Å². The van der Waals surface area contributed by atoms with E-state index in [1.54, 1.807) is 0 Å². The van der Waals surface area contributed by atoms with Crippen LogP contribution in [0.25, 0.3) is 0 Å². The largest absolute Gasteiger partial charge is 0.462 e. The number of ether oxygens (including phenoxy) is 4. The fourth-order valence-electron chi connectivity index (χ4n) is 7.35. The molecule has 1 rings (SSSR count). The van der Waals surface area contributed by atoms with Gasteiger partial charge in [-0.3, -0.25) is 9.59 Å². The molecule has 0 aromatic carbocycles. The zero-order chi connectivity index (χ0) is 41.6. The number of carbonyl (C=O) groups is 2. The van der Waals surface area contributed by atoms with Crippen LogP contribution >= 0.6 is 0 Å². The second kappa shape index (κ2) is 38.6. The number of hydrogen-bond acceptors (Lipinski definition) is 10. The number of esters is 2. The maximum Gasteiger partial charge on any atom is 0.306 e. The number of aliphatic hydroxyl groups excluding tert-OH is 4. The van der Waals surface area contributed by atoms with E-state index < -0.39 is 49.4 Å². The van der Waals surface area contributed by atoms with Gasteiger partial charge in [-0.25, -0.2) is 0 Å². The Morgan fingerprint density at radius 1 is 0.526 bits per heavy atom. The van der Waals surface area contributed by atoms with Crippen LogP contribution in [0.4, 0.5) is 0 Å². The lowest BCUT2D eigenvalue weighted by Gasteiger charge is -2.39. The summed E-state index contributed by atoms with van der Waals surface area (Å²) in [6.07, 6.45) is 33.6. The fourth-order valence-corrected chi connectivity index (χ4v) is 7.35. The number of rotatable bonds is 40. The molecule has 10 heteroatoms. The SMILES string of the molecule is CCCCC=CCCCCCCCCCCCCCCCC(=O)OCC(COC1OC(CO)C(O)C(O)C1O)OC(=O)CCCCCCCCCCCCCCC. The Balaban J connectivity index is 2.26. The summed E-state index contributed by atoms with van der Waals surface area (Å²) in [6, 6.07) is 0. The molecule has 1 heterocycles. The van der Waals surface area contributed by atoms with Crippen molar-refractivity contribution in [2.75, 3.05) is 19.8 Å². The van der Waals surface area contributed by atoms with Gasteiger partial charge >= 0.3 is 11.9 Å². The van der Waals surface area contributed by atoms with Gasteiger partial charge in [-0.05, 0) is 32.1 Å². The van der Waals surface area contributed by atoms with Crippen molar-refractivity contribution < 1.29 is 49.0 Å². The number of allylic oxidation sites excluding steroid dienone is 2. The molecule has 0 saturated carbocycles. The summed E-state index contributed by atoms with van der Waals surface area (Å²) >= 11 is 0. The van der Waals surface area contributed by atoms with Gasteiger partial charge in [-0.2, -0.15) is 0 Å². The molecule has 1 saturated heterocycles. The Morgan fingerprint density at radius 2 is 0.947 bits per heavy atom. The molecule has 0 aliphatic carbocycles. The first-order valence-corrected chi connectivity index (χ1v) is 23.8. The van der Waals surface area contributed by atoms with Gasteiger partial charge in [0.15, 0.2) is 12.4 Å². The Kier molecular flexibility index (Phi) is 36.2. The first kappa shape index (κ1) is 53.5. The number of carbonyl (C=O) groups excluding carboxylic acids is 2. The lowest BCUT2D eigenvalue weighted by molar-refractivity contribution is -0.305. The Morgan fingerprint density at radius 3 is 1.42 bits per heavy atom. The van der Waals surface area contributed by atoms with Crippen LogP contribution in [0.3, 0.4) is 0 Å². The molecule has 6 atom stereocenters. The van der Waals surface area contributed by atoms with E-state index in [0.717, 1.165) is 38.5 Å². The Bertz CT molecular complexity index is 943. The molecule has 1 aliphatic rings. The minimum Gasteiger partial charge on any atom is -0.462 e. The van der Waals surface area contributed by atoms with E-state index in [-0.39, 0.29) is 32.0 Å². The second-order valence-corrected chi connectivity index (χ2v) is 16.6. The van der Waals surface area contributed by atoms with E-state index >= 15 is 0 Å². The van der Waals surface area contributed by atoms with Crippen LogP contribution in [0.1, 0.15) is 219 Å². The van der Waals surface area contributed by atoms with E-state index in [2.05, 4.69) is 26.0 Å². The summed E-state index contributed by atoms with van der Waals surface area (Å²) in [5.41, 5.74) is 0. The average Bonchev–Trinajstić information content (AvgIpc) is 3.21. The molecule has 4 N–H and O–H groups in total. The second-order valence-electron chi connectivity index (χ2n) is 16.6. The van der Waals surface area contributed by atoms with Crippen molar-refractivity contribution >= 4 is 11.9 Å². The molecular formula is C47H88O10. The molecule has 0 amide bonds. The summed E-state index contributed by atoms with van der Waals surface area (Å²) in [5, 5.41) is 40.1. The highest BCUT2D eigenvalue weighted by atomic mass is 16.7. The molecule has 336 valence electrons. The summed E-state index contributed by atoms with van der Waals surface area (Å²) < 4.78 is 22.2. The molecule has 6 unspecified atom stereocenters. The molecule has 0 spiro atoms. The summed E-state index contributed by atoms with van der Waals surface area (Å²) in [7, 11) is 0. The van der Waals surface area contributed by atoms with Crippen molar-refractivity contribution in [3.8, 4) is 0 Å². The van der Waals surface area contributed by atoms with E-state index in [1.165, 1.54) is 148 Å². The predicted octanol–water partition coefficient (Wildman–Crippen LogP) is 10.3. The standard InChI is InChI=1S/C47H88O10/c1-3-5-7-9-11-13-15-17-18-19-20-21-22-24-25-27-29-31-33-35-42(49)54-38-40(39-55-47-46(53)45(52)44(51)41(37-48)57-47)56-43(50)36-34-32-30-28-26-23-16-14-12-10-8-6-4-2/h9,11,40-41,44-48,51-53H,3-8,10,12-39H2,1-2H3. The zero-order valence-electron chi connectivity index (χ0n) is 36.6. The molecule has 57 heavy (non-hydrogen) atoms. The number of hydrogen-bond donors (Lipinski definition) is 4. The van der Waals surface area contributed by atoms with Crippen molar-refractivity contribution in [2.24, 2.45) is 0 Å². The lowest BCUT2D eigenvalue weighted by atomic mass is 9.99. The molecule has 0 aromatic heterocycles. The average molecular weight is 813 g/mol. The molecule has 1 aliphatic heterocycles. The number of aliphatic hydroxyl groups is 4. The van der Waals surface area contributed by atoms with Crippen molar-refractivity contribution in [1.29, 1.82) is 0 Å². The van der Waals surface area contributed by atoms with Crippen LogP contribution in [-0.2, 0) is 28.5 Å². The maximum atomic E-state index is 12.8. The molecule has 1 fully saturated rings. The summed E-state index contributed by atoms with van der Waals surface area (Å²) in [5.74, 6) is -0.794. The predicted molar refractivity (Wildman–Crippen MR) is 229 cm³/mol. The van der Waals surface area contributed by atoms with Gasteiger partial charge in [0.1, 0.15) is 31.0 Å². The molecule has 0 aromatic rings. The van der Waals surface area contributed by atoms with Gasteiger partial charge in [0.25, 0.3) is 0 Å². The van der Waals surface area contributed by atoms with Gasteiger partial charge in [0.2, 0.25) is 0 Å². The van der Waals surface area contributed by atoms with Crippen LogP contribution in [0.2, 0.25) is 0 Å². The summed E-state index contributed by atoms with van der Waals surface area (Å²) in [4.78, 5) is 25.3. The monoisotopic (exact) mass is 813 g/mol. The van der Waals surface area contributed by atoms with Gasteiger partial charge in [-0.1, -0.05) is 187 Å². The van der Waals surface area contributed by atoms with Gasteiger partial charge < -0.3 is 39.4 Å². The van der Waals surface area contributed by atoms with E-state index in [4.69, 9.17) is 18.9 Å². The van der Waals surface area contributed by atoms with E-state index in [9.17, 15) is 30.0 Å². The normalized spacial score (nSPS) is 20.3. The van der Waals surface area contributed by atoms with Crippen molar-refractivity contribution in [3.05, 3.63) is 12.2 Å². The third kappa shape index (κ3) is 30.2. The fraction of sp³-hybridized carbons (Fsp3) is 0.915. The zero-order valence-corrected chi connectivity index (χ0v) is 36.6. The van der Waals surface area contributed by atoms with E-state index in [0.29, 0.717) is 6.42 Å². The third-order valence-electron chi connectivity index (χ3n) is 11.2. The van der Waals surface area contributed by atoms with Crippen LogP contribution in [0.15, 0.2) is 12.2 Å². The Hall–Kier alpha value is -1.56. The smallest absolute Gasteiger partial charge is 0.306 e. The van der Waals surface area contributed by atoms with Gasteiger partial charge in [0.05, 0.1) is 13.2 Å². The summed E-state index contributed by atoms with van der Waals surface area (Å²) in [6.45, 7) is 3.42. The maximum absolute atomic E-state index is 12.8. The van der Waals surface area contributed by atoms with Crippen molar-refractivity contribution in [3.63, 3.8) is 0 Å². The lowest BCUT2D eigenvalue weighted by Crippen LogP contribution is -2.59. The van der Waals surface area contributed by atoms with E-state index in [1.807, 2.05) is 0 Å². The van der Waals surface area contributed by atoms with Gasteiger partial charge in [0, 0.05) is 12.8 Å². The molecule has 0 bridgehead atoms. The Labute approximate surface area is 348 Å². The minimum absolute atomic E-state index is 0.211. The number of unbranched alkanes of at least 4 members (excludes halogenated alkanes) is 27. The van der Waals surface area contributed by atoms with Crippen LogP contribution < -0.4 is 0 Å². The highest BCUT2D eigenvalue weighted by Gasteiger charge is 2.44. The van der Waals surface area contributed by atoms with Crippen LogP contribution in [0.5, 0.6) is 0 Å². The molecular weight excluding hydrogens is 725 g/mol. The van der Waals surface area contributed by atoms with Crippen LogP contribution in [-0.4, -0.2) is 89.0 Å². The highest BCUT2D eigenvalue weighted by Crippen LogP contribution is 2.23. The highest BCUT2D eigenvalue weighted by molar-refractivity contribution is 5.70. The van der Waals surface area contributed by atoms with Crippen molar-refractivity contribution in [2.45, 2.75) is 256 Å². The van der Waals surface area contributed by atoms with Gasteiger partial charge in [-0.15, -0.1) is 0 Å². The first-order chi connectivity index (χ1) is 27.8. The van der Waals surface area contributed by atoms with Crippen molar-refractivity contribution in [1.82, 2.24) is 0 Å². The quantitative estimate of drug-likeness (QED) is 0.0267. The third-order valence-corrected chi connectivity index (χ3v) is 11.2. The topological polar surface area (TPSA) is 152 Å².